The normalized spacial score (nSPS) is 12.3. The predicted molar refractivity (Wildman–Crippen MR) is 92.4 cm³/mol. The van der Waals surface area contributed by atoms with Crippen LogP contribution in [0.2, 0.25) is 0 Å². The van der Waals surface area contributed by atoms with E-state index in [4.69, 9.17) is 5.11 Å². The van der Waals surface area contributed by atoms with Crippen LogP contribution >= 0.6 is 12.6 Å². The molecule has 134 valence electrons. The van der Waals surface area contributed by atoms with Crippen molar-refractivity contribution in [1.29, 1.82) is 0 Å². The van der Waals surface area contributed by atoms with Gasteiger partial charge in [-0.15, -0.1) is 5.10 Å². The fraction of sp³-hybridized carbons (Fsp3) is 0.643. The monoisotopic (exact) mass is 357 g/mol. The number of rotatable bonds is 8. The lowest BCUT2D eigenvalue weighted by Gasteiger charge is -2.15. The lowest BCUT2D eigenvalue weighted by atomic mass is 10.1. The van der Waals surface area contributed by atoms with Gasteiger partial charge in [0.15, 0.2) is 5.82 Å². The Labute approximate surface area is 145 Å². The van der Waals surface area contributed by atoms with Crippen LogP contribution in [0, 0.1) is 0 Å². The van der Waals surface area contributed by atoms with Crippen LogP contribution in [0.3, 0.4) is 0 Å². The molecule has 0 aromatic carbocycles. The third-order valence-corrected chi connectivity index (χ3v) is 3.22. The molecule has 1 heterocycles. The molecule has 10 heteroatoms. The topological polar surface area (TPSA) is 119 Å². The van der Waals surface area contributed by atoms with E-state index in [9.17, 15) is 14.4 Å². The second-order valence-corrected chi connectivity index (χ2v) is 7.32. The second kappa shape index (κ2) is 8.13. The van der Waals surface area contributed by atoms with Gasteiger partial charge < -0.3 is 5.11 Å². The number of nitrogens with zero attached hydrogens (tertiary/aromatic N) is 4. The van der Waals surface area contributed by atoms with Crippen LogP contribution in [-0.4, -0.2) is 41.8 Å². The molecule has 2 N–H and O–H groups in total. The molecular weight excluding hydrogens is 334 g/mol. The zero-order chi connectivity index (χ0) is 18.5. The van der Waals surface area contributed by atoms with Gasteiger partial charge in [0.05, 0.1) is 0 Å². The molecular formula is C14H23N5O4S. The summed E-state index contributed by atoms with van der Waals surface area (Å²) in [6, 6.07) is 0. The second-order valence-electron chi connectivity index (χ2n) is 6.11. The Morgan fingerprint density at radius 3 is 2.58 bits per heavy atom. The van der Waals surface area contributed by atoms with E-state index in [0.29, 0.717) is 18.0 Å². The van der Waals surface area contributed by atoms with Crippen molar-refractivity contribution in [2.45, 2.75) is 51.3 Å². The highest BCUT2D eigenvalue weighted by Crippen LogP contribution is 2.16. The summed E-state index contributed by atoms with van der Waals surface area (Å²) in [7, 11) is 1.54. The smallest absolute Gasteiger partial charge is 0.345 e. The van der Waals surface area contributed by atoms with E-state index in [1.165, 1.54) is 16.3 Å². The number of carbonyl (C=O) groups is 2. The Morgan fingerprint density at radius 2 is 2.04 bits per heavy atom. The van der Waals surface area contributed by atoms with Crippen LogP contribution in [0.25, 0.3) is 0 Å². The van der Waals surface area contributed by atoms with Gasteiger partial charge >= 0.3 is 11.7 Å². The molecule has 1 amide bonds. The molecule has 0 bridgehead atoms. The first-order chi connectivity index (χ1) is 11.0. The summed E-state index contributed by atoms with van der Waals surface area (Å²) in [4.78, 5) is 34.3. The number of carboxylic acid groups (broad SMARTS) is 1. The van der Waals surface area contributed by atoms with Crippen LogP contribution in [0.4, 0.5) is 0 Å². The molecule has 0 saturated carbocycles. The van der Waals surface area contributed by atoms with Gasteiger partial charge in [0.25, 0.3) is 0 Å². The predicted octanol–water partition coefficient (Wildman–Crippen LogP) is 0.385. The highest BCUT2D eigenvalue weighted by molar-refractivity contribution is 7.81. The number of aromatic nitrogens is 3. The Hall–Kier alpha value is -2.10. The van der Waals surface area contributed by atoms with Crippen LogP contribution in [0.1, 0.15) is 45.9 Å². The van der Waals surface area contributed by atoms with Crippen LogP contribution in [0.5, 0.6) is 0 Å². The summed E-state index contributed by atoms with van der Waals surface area (Å²) in [5.74, 6) is -0.909. The average molecular weight is 357 g/mol. The zero-order valence-electron chi connectivity index (χ0n) is 14.2. The van der Waals surface area contributed by atoms with E-state index < -0.39 is 10.7 Å². The molecule has 0 atom stereocenters. The molecule has 0 aliphatic rings. The fourth-order valence-corrected chi connectivity index (χ4v) is 2.10. The number of aliphatic carboxylic acids is 1. The molecule has 0 aliphatic carbocycles. The summed E-state index contributed by atoms with van der Waals surface area (Å²) >= 11 is 4.28. The molecule has 1 aromatic rings. The van der Waals surface area contributed by atoms with Gasteiger partial charge in [0, 0.05) is 31.2 Å². The maximum absolute atomic E-state index is 12.1. The summed E-state index contributed by atoms with van der Waals surface area (Å²) in [5, 5.41) is 16.7. The molecule has 0 saturated heterocycles. The molecule has 0 unspecified atom stereocenters. The summed E-state index contributed by atoms with van der Waals surface area (Å²) in [6.45, 7) is 5.45. The Balaban J connectivity index is 2.82. The Kier molecular flexibility index (Phi) is 6.76. The summed E-state index contributed by atoms with van der Waals surface area (Å²) in [5.41, 5.74) is 2.41. The molecule has 0 aliphatic heterocycles. The molecule has 0 fully saturated rings. The first kappa shape index (κ1) is 19.9. The van der Waals surface area contributed by atoms with Gasteiger partial charge in [0.2, 0.25) is 5.91 Å². The number of nitrogens with one attached hydrogen (secondary N) is 1. The summed E-state index contributed by atoms with van der Waals surface area (Å²) in [6.07, 6.45) is 0.450. The highest BCUT2D eigenvalue weighted by atomic mass is 32.1. The Morgan fingerprint density at radius 1 is 1.42 bits per heavy atom. The third-order valence-electron chi connectivity index (χ3n) is 3.07. The number of carbonyl (C=O) groups excluding carboxylic acids is 1. The molecule has 1 aromatic heterocycles. The van der Waals surface area contributed by atoms with Crippen molar-refractivity contribution in [2.75, 3.05) is 0 Å². The third kappa shape index (κ3) is 6.19. The fourth-order valence-electron chi connectivity index (χ4n) is 1.96. The number of amides is 1. The van der Waals surface area contributed by atoms with E-state index in [2.05, 4.69) is 28.3 Å². The van der Waals surface area contributed by atoms with Crippen molar-refractivity contribution in [3.63, 3.8) is 0 Å². The summed E-state index contributed by atoms with van der Waals surface area (Å²) < 4.78 is 2.04. The minimum absolute atomic E-state index is 0.0407. The van der Waals surface area contributed by atoms with E-state index in [0.717, 1.165) is 0 Å². The van der Waals surface area contributed by atoms with E-state index in [1.807, 2.05) is 13.8 Å². The van der Waals surface area contributed by atoms with E-state index in [1.54, 1.807) is 6.92 Å². The lowest BCUT2D eigenvalue weighted by molar-refractivity contribution is -0.137. The molecule has 9 nitrogen and oxygen atoms in total. The first-order valence-corrected chi connectivity index (χ1v) is 7.87. The van der Waals surface area contributed by atoms with E-state index in [-0.39, 0.29) is 31.0 Å². The molecule has 24 heavy (non-hydrogen) atoms. The number of carboxylic acids is 1. The lowest BCUT2D eigenvalue weighted by Crippen LogP contribution is -2.27. The maximum Gasteiger partial charge on any atom is 0.345 e. The van der Waals surface area contributed by atoms with E-state index >= 15 is 0 Å². The van der Waals surface area contributed by atoms with Crippen molar-refractivity contribution in [3.8, 4) is 0 Å². The van der Waals surface area contributed by atoms with Gasteiger partial charge in [-0.1, -0.05) is 13.8 Å². The zero-order valence-corrected chi connectivity index (χ0v) is 15.1. The van der Waals surface area contributed by atoms with Crippen LogP contribution in [-0.2, 0) is 23.2 Å². The number of hydrogen-bond acceptors (Lipinski definition) is 6. The molecule has 0 spiro atoms. The van der Waals surface area contributed by atoms with Gasteiger partial charge in [-0.05, 0) is 13.3 Å². The number of hydrogen-bond donors (Lipinski definition) is 3. The maximum atomic E-state index is 12.1. The Bertz CT molecular complexity index is 699. The largest absolute Gasteiger partial charge is 0.481 e. The van der Waals surface area contributed by atoms with Gasteiger partial charge in [0.1, 0.15) is 5.71 Å². The first-order valence-electron chi connectivity index (χ1n) is 7.43. The minimum Gasteiger partial charge on any atom is -0.481 e. The minimum atomic E-state index is -0.924. The number of aryl methyl sites for hydroxylation is 1. The van der Waals surface area contributed by atoms with Crippen molar-refractivity contribution >= 4 is 30.2 Å². The van der Waals surface area contributed by atoms with Crippen molar-refractivity contribution in [3.05, 3.63) is 16.3 Å². The van der Waals surface area contributed by atoms with Gasteiger partial charge in [-0.2, -0.15) is 17.7 Å². The van der Waals surface area contributed by atoms with Gasteiger partial charge in [-0.25, -0.2) is 14.9 Å². The number of hydrazone groups is 1. The quantitative estimate of drug-likeness (QED) is 0.353. The standard InChI is InChI=1S/C14H23N5O4S/c1-9(15-16-10(20)8-14(2,3)24)12-17-19(13(23)18(12)4)7-5-6-11(21)22/h24H,5-8H2,1-4H3,(H,16,20)(H,21,22). The SMILES string of the molecule is CC(=NNC(=O)CC(C)(C)S)c1nn(CCCC(=O)O)c(=O)n1C. The van der Waals surface area contributed by atoms with Crippen LogP contribution in [0.15, 0.2) is 9.90 Å². The average Bonchev–Trinajstić information content (AvgIpc) is 2.71. The molecule has 0 radical (unpaired) electrons. The number of thiol groups is 1. The van der Waals surface area contributed by atoms with Crippen molar-refractivity contribution < 1.29 is 14.7 Å². The van der Waals surface area contributed by atoms with Crippen molar-refractivity contribution in [1.82, 2.24) is 19.8 Å². The van der Waals surface area contributed by atoms with Crippen LogP contribution < -0.4 is 11.1 Å². The van der Waals surface area contributed by atoms with Gasteiger partial charge in [-0.3, -0.25) is 14.2 Å². The highest BCUT2D eigenvalue weighted by Gasteiger charge is 2.17. The van der Waals surface area contributed by atoms with Crippen molar-refractivity contribution in [2.24, 2.45) is 12.1 Å². The molecule has 1 rings (SSSR count).